The molecule has 0 atom stereocenters. The van der Waals surface area contributed by atoms with Crippen molar-refractivity contribution in [3.8, 4) is 22.1 Å². The van der Waals surface area contributed by atoms with Crippen molar-refractivity contribution in [2.24, 2.45) is 0 Å². The Morgan fingerprint density at radius 2 is 2.12 bits per heavy atom. The molecule has 0 radical (unpaired) electrons. The van der Waals surface area contributed by atoms with Crippen LogP contribution in [0.1, 0.15) is 11.3 Å². The topological polar surface area (TPSA) is 31.4 Å². The van der Waals surface area contributed by atoms with E-state index >= 15 is 0 Å². The highest BCUT2D eigenvalue weighted by Crippen LogP contribution is 2.39. The van der Waals surface area contributed by atoms with Gasteiger partial charge in [0.25, 0.3) is 0 Å². The molecule has 3 rings (SSSR count). The molecule has 0 fully saturated rings. The number of ether oxygens (including phenoxy) is 2. The molecule has 0 amide bonds. The van der Waals surface area contributed by atoms with E-state index in [9.17, 15) is 0 Å². The number of thiazole rings is 1. The Bertz CT molecular complexity index is 566. The molecule has 0 spiro atoms. The number of thiol groups is 1. The summed E-state index contributed by atoms with van der Waals surface area (Å²) in [5, 5.41) is 3.04. The molecule has 0 saturated carbocycles. The summed E-state index contributed by atoms with van der Waals surface area (Å²) in [4.78, 5) is 4.53. The summed E-state index contributed by atoms with van der Waals surface area (Å²) < 4.78 is 10.7. The molecule has 0 unspecified atom stereocenters. The lowest BCUT2D eigenvalue weighted by Crippen LogP contribution is -1.92. The van der Waals surface area contributed by atoms with Gasteiger partial charge in [0.15, 0.2) is 11.5 Å². The Morgan fingerprint density at radius 3 is 2.82 bits per heavy atom. The molecule has 17 heavy (non-hydrogen) atoms. The lowest BCUT2D eigenvalue weighted by molar-refractivity contribution is 0.174. The summed E-state index contributed by atoms with van der Waals surface area (Å²) in [6.45, 7) is 2.36. The van der Waals surface area contributed by atoms with Crippen molar-refractivity contribution in [2.75, 3.05) is 6.79 Å². The smallest absolute Gasteiger partial charge is 0.231 e. The van der Waals surface area contributed by atoms with Crippen LogP contribution in [0, 0.1) is 6.92 Å². The van der Waals surface area contributed by atoms with Crippen molar-refractivity contribution in [2.45, 2.75) is 12.7 Å². The first kappa shape index (κ1) is 10.9. The summed E-state index contributed by atoms with van der Waals surface area (Å²) in [5.74, 6) is 2.28. The van der Waals surface area contributed by atoms with Gasteiger partial charge in [-0.3, -0.25) is 0 Å². The van der Waals surface area contributed by atoms with Gasteiger partial charge in [-0.2, -0.15) is 12.6 Å². The predicted molar refractivity (Wildman–Crippen MR) is 71.1 cm³/mol. The Morgan fingerprint density at radius 1 is 1.35 bits per heavy atom. The van der Waals surface area contributed by atoms with Crippen molar-refractivity contribution in [3.05, 3.63) is 28.8 Å². The second-order valence-corrected chi connectivity index (χ2v) is 5.00. The molecular weight excluding hydrogens is 254 g/mol. The maximum absolute atomic E-state index is 5.39. The minimum Gasteiger partial charge on any atom is -0.454 e. The van der Waals surface area contributed by atoms with Crippen LogP contribution in [0.5, 0.6) is 11.5 Å². The number of rotatable bonds is 2. The van der Waals surface area contributed by atoms with E-state index < -0.39 is 0 Å². The maximum atomic E-state index is 5.39. The molecule has 2 aromatic rings. The van der Waals surface area contributed by atoms with Crippen LogP contribution in [0.3, 0.4) is 0 Å². The van der Waals surface area contributed by atoms with Crippen LogP contribution < -0.4 is 9.47 Å². The second-order valence-electron chi connectivity index (χ2n) is 3.82. The number of hydrogen-bond acceptors (Lipinski definition) is 5. The number of aryl methyl sites for hydroxylation is 1. The number of nitrogens with zero attached hydrogens (tertiary/aromatic N) is 1. The van der Waals surface area contributed by atoms with Gasteiger partial charge in [0.1, 0.15) is 5.01 Å². The average molecular weight is 265 g/mol. The van der Waals surface area contributed by atoms with E-state index in [0.717, 1.165) is 33.3 Å². The first-order chi connectivity index (χ1) is 8.28. The standard InChI is InChI=1S/C12H11NO2S2/c1-7-2-10-11(15-6-14-10)3-9(7)12-13-8(4-16)5-17-12/h2-3,5,16H,4,6H2,1H3. The predicted octanol–water partition coefficient (Wildman–Crippen LogP) is 3.28. The van der Waals surface area contributed by atoms with Gasteiger partial charge in [-0.1, -0.05) is 0 Å². The Kier molecular flexibility index (Phi) is 2.72. The van der Waals surface area contributed by atoms with Crippen molar-refractivity contribution in [1.29, 1.82) is 0 Å². The number of aromatic nitrogens is 1. The zero-order valence-corrected chi connectivity index (χ0v) is 11.0. The fourth-order valence-electron chi connectivity index (χ4n) is 1.78. The SMILES string of the molecule is Cc1cc2c(cc1-c1nc(CS)cs1)OCO2. The molecular formula is C12H11NO2S2. The van der Waals surface area contributed by atoms with E-state index in [0.29, 0.717) is 12.5 Å². The molecule has 2 heterocycles. The molecule has 0 bridgehead atoms. The Hall–Kier alpha value is -1.20. The molecule has 0 aliphatic carbocycles. The van der Waals surface area contributed by atoms with Crippen molar-refractivity contribution < 1.29 is 9.47 Å². The van der Waals surface area contributed by atoms with Gasteiger partial charge in [0, 0.05) is 16.7 Å². The van der Waals surface area contributed by atoms with Gasteiger partial charge >= 0.3 is 0 Å². The fourth-order valence-corrected chi connectivity index (χ4v) is 2.96. The molecule has 1 aromatic carbocycles. The molecule has 1 aliphatic rings. The van der Waals surface area contributed by atoms with Gasteiger partial charge in [-0.05, 0) is 24.6 Å². The van der Waals surface area contributed by atoms with Gasteiger partial charge in [0.2, 0.25) is 6.79 Å². The van der Waals surface area contributed by atoms with Crippen molar-refractivity contribution in [1.82, 2.24) is 4.98 Å². The minimum absolute atomic E-state index is 0.304. The van der Waals surface area contributed by atoms with Crippen LogP contribution in [0.15, 0.2) is 17.5 Å². The quantitative estimate of drug-likeness (QED) is 0.846. The monoisotopic (exact) mass is 265 g/mol. The lowest BCUT2D eigenvalue weighted by Gasteiger charge is -2.04. The maximum Gasteiger partial charge on any atom is 0.231 e. The van der Waals surface area contributed by atoms with Crippen LogP contribution in [0.4, 0.5) is 0 Å². The molecule has 0 saturated heterocycles. The number of fused-ring (bicyclic) bond motifs is 1. The minimum atomic E-state index is 0.304. The van der Waals surface area contributed by atoms with Crippen LogP contribution in [0.25, 0.3) is 10.6 Å². The Labute approximate surface area is 109 Å². The van der Waals surface area contributed by atoms with E-state index in [4.69, 9.17) is 9.47 Å². The fraction of sp³-hybridized carbons (Fsp3) is 0.250. The molecule has 0 N–H and O–H groups in total. The molecule has 1 aromatic heterocycles. The number of hydrogen-bond donors (Lipinski definition) is 1. The average Bonchev–Trinajstić information content (AvgIpc) is 2.94. The highest BCUT2D eigenvalue weighted by atomic mass is 32.1. The van der Waals surface area contributed by atoms with Crippen LogP contribution >= 0.6 is 24.0 Å². The first-order valence-corrected chi connectivity index (χ1v) is 6.75. The van der Waals surface area contributed by atoms with Crippen LogP contribution in [-0.4, -0.2) is 11.8 Å². The summed E-state index contributed by atoms with van der Waals surface area (Å²) in [5.41, 5.74) is 3.26. The second kappa shape index (κ2) is 4.23. The van der Waals surface area contributed by atoms with Gasteiger partial charge in [-0.15, -0.1) is 11.3 Å². The zero-order valence-electron chi connectivity index (χ0n) is 9.27. The zero-order chi connectivity index (χ0) is 11.8. The van der Waals surface area contributed by atoms with E-state index in [1.807, 2.05) is 17.5 Å². The summed E-state index contributed by atoms with van der Waals surface area (Å²) in [6, 6.07) is 4.00. The summed E-state index contributed by atoms with van der Waals surface area (Å²) >= 11 is 5.86. The molecule has 1 aliphatic heterocycles. The van der Waals surface area contributed by atoms with Gasteiger partial charge in [-0.25, -0.2) is 4.98 Å². The highest BCUT2D eigenvalue weighted by molar-refractivity contribution is 7.79. The third kappa shape index (κ3) is 1.89. The van der Waals surface area contributed by atoms with Gasteiger partial charge < -0.3 is 9.47 Å². The third-order valence-corrected chi connectivity index (χ3v) is 3.91. The molecule has 5 heteroatoms. The highest BCUT2D eigenvalue weighted by Gasteiger charge is 2.17. The summed E-state index contributed by atoms with van der Waals surface area (Å²) in [6.07, 6.45) is 0. The third-order valence-electron chi connectivity index (χ3n) is 2.66. The first-order valence-electron chi connectivity index (χ1n) is 5.24. The Balaban J connectivity index is 2.08. The summed E-state index contributed by atoms with van der Waals surface area (Å²) in [7, 11) is 0. The lowest BCUT2D eigenvalue weighted by atomic mass is 10.1. The van der Waals surface area contributed by atoms with Crippen LogP contribution in [0.2, 0.25) is 0 Å². The van der Waals surface area contributed by atoms with E-state index in [-0.39, 0.29) is 0 Å². The number of benzene rings is 1. The molecule has 88 valence electrons. The normalized spacial score (nSPS) is 13.1. The van der Waals surface area contributed by atoms with E-state index in [1.165, 1.54) is 0 Å². The van der Waals surface area contributed by atoms with Crippen molar-refractivity contribution in [3.63, 3.8) is 0 Å². The van der Waals surface area contributed by atoms with E-state index in [2.05, 4.69) is 24.5 Å². The van der Waals surface area contributed by atoms with E-state index in [1.54, 1.807) is 11.3 Å². The molecule has 3 nitrogen and oxygen atoms in total. The van der Waals surface area contributed by atoms with Gasteiger partial charge in [0.05, 0.1) is 5.69 Å². The largest absolute Gasteiger partial charge is 0.454 e. The van der Waals surface area contributed by atoms with Crippen molar-refractivity contribution >= 4 is 24.0 Å². The van der Waals surface area contributed by atoms with Crippen LogP contribution in [-0.2, 0) is 5.75 Å².